The zero-order chi connectivity index (χ0) is 15.6. The molecule has 0 atom stereocenters. The number of benzene rings is 2. The lowest BCUT2D eigenvalue weighted by atomic mass is 10.1. The fourth-order valence-electron chi connectivity index (χ4n) is 1.78. The predicted octanol–water partition coefficient (Wildman–Crippen LogP) is 5.46. The van der Waals surface area contributed by atoms with Crippen LogP contribution < -0.4 is 4.74 Å². The number of alkyl halides is 3. The van der Waals surface area contributed by atoms with Gasteiger partial charge in [0.05, 0.1) is 11.1 Å². The Morgan fingerprint density at radius 1 is 1.10 bits per heavy atom. The second-order valence-corrected chi connectivity index (χ2v) is 5.21. The first-order valence-corrected chi connectivity index (χ1v) is 6.73. The van der Waals surface area contributed by atoms with Crippen molar-refractivity contribution in [2.75, 3.05) is 0 Å². The maximum absolute atomic E-state index is 12.9. The highest BCUT2D eigenvalue weighted by Crippen LogP contribution is 2.39. The Kier molecular flexibility index (Phi) is 4.37. The van der Waals surface area contributed by atoms with E-state index in [1.165, 1.54) is 37.3 Å². The minimum atomic E-state index is -4.53. The molecular formula is C15H10BrF3O2. The van der Waals surface area contributed by atoms with Gasteiger partial charge in [0.1, 0.15) is 11.5 Å². The third kappa shape index (κ3) is 3.64. The van der Waals surface area contributed by atoms with Crippen molar-refractivity contribution in [2.45, 2.75) is 13.1 Å². The summed E-state index contributed by atoms with van der Waals surface area (Å²) < 4.78 is 44.7. The van der Waals surface area contributed by atoms with Crippen LogP contribution in [0.1, 0.15) is 22.8 Å². The minimum absolute atomic E-state index is 0.0774. The molecule has 2 nitrogen and oxygen atoms in total. The second kappa shape index (κ2) is 5.89. The maximum atomic E-state index is 12.9. The highest BCUT2D eigenvalue weighted by molar-refractivity contribution is 9.10. The molecule has 0 aromatic heterocycles. The molecule has 2 rings (SSSR count). The Labute approximate surface area is 127 Å². The average molecular weight is 359 g/mol. The lowest BCUT2D eigenvalue weighted by Crippen LogP contribution is -2.07. The first-order valence-electron chi connectivity index (χ1n) is 5.93. The van der Waals surface area contributed by atoms with E-state index in [1.54, 1.807) is 6.07 Å². The molecule has 0 aliphatic rings. The van der Waals surface area contributed by atoms with E-state index in [4.69, 9.17) is 4.74 Å². The van der Waals surface area contributed by atoms with Crippen molar-refractivity contribution >= 4 is 21.7 Å². The van der Waals surface area contributed by atoms with Crippen LogP contribution in [-0.4, -0.2) is 5.78 Å². The molecule has 0 spiro atoms. The lowest BCUT2D eigenvalue weighted by Gasteiger charge is -2.15. The molecule has 0 heterocycles. The molecule has 0 fully saturated rings. The van der Waals surface area contributed by atoms with Gasteiger partial charge in [0.25, 0.3) is 0 Å². The molecule has 0 aliphatic heterocycles. The van der Waals surface area contributed by atoms with E-state index in [-0.39, 0.29) is 22.8 Å². The third-order valence-corrected chi connectivity index (χ3v) is 3.23. The topological polar surface area (TPSA) is 26.3 Å². The Morgan fingerprint density at radius 3 is 2.38 bits per heavy atom. The van der Waals surface area contributed by atoms with Gasteiger partial charge in [-0.3, -0.25) is 4.79 Å². The number of para-hydroxylation sites is 1. The van der Waals surface area contributed by atoms with Gasteiger partial charge >= 0.3 is 6.18 Å². The van der Waals surface area contributed by atoms with E-state index in [9.17, 15) is 18.0 Å². The van der Waals surface area contributed by atoms with Crippen LogP contribution in [0.5, 0.6) is 11.5 Å². The van der Waals surface area contributed by atoms with Crippen LogP contribution >= 0.6 is 15.9 Å². The third-order valence-electron chi connectivity index (χ3n) is 2.74. The normalized spacial score (nSPS) is 11.3. The molecule has 0 radical (unpaired) electrons. The van der Waals surface area contributed by atoms with E-state index < -0.39 is 11.7 Å². The van der Waals surface area contributed by atoms with E-state index >= 15 is 0 Å². The van der Waals surface area contributed by atoms with Crippen molar-refractivity contribution in [3.8, 4) is 11.5 Å². The molecule has 6 heteroatoms. The van der Waals surface area contributed by atoms with Crippen LogP contribution in [0.3, 0.4) is 0 Å². The SMILES string of the molecule is CC(=O)c1ccc(Br)cc1Oc1ccccc1C(F)(F)F. The number of ether oxygens (including phenoxy) is 1. The number of rotatable bonds is 3. The van der Waals surface area contributed by atoms with Gasteiger partial charge in [-0.2, -0.15) is 13.2 Å². The van der Waals surface area contributed by atoms with Crippen LogP contribution in [-0.2, 0) is 6.18 Å². The quantitative estimate of drug-likeness (QED) is 0.680. The van der Waals surface area contributed by atoms with Gasteiger partial charge in [0, 0.05) is 4.47 Å². The van der Waals surface area contributed by atoms with Crippen LogP contribution in [0.15, 0.2) is 46.9 Å². The smallest absolute Gasteiger partial charge is 0.419 e. The average Bonchev–Trinajstić information content (AvgIpc) is 2.37. The zero-order valence-corrected chi connectivity index (χ0v) is 12.5. The molecular weight excluding hydrogens is 349 g/mol. The molecule has 0 aliphatic carbocycles. The largest absolute Gasteiger partial charge is 0.456 e. The van der Waals surface area contributed by atoms with Gasteiger partial charge in [-0.25, -0.2) is 0 Å². The Hall–Kier alpha value is -1.82. The summed E-state index contributed by atoms with van der Waals surface area (Å²) in [5.74, 6) is -0.554. The Balaban J connectivity index is 2.49. The second-order valence-electron chi connectivity index (χ2n) is 4.29. The van der Waals surface area contributed by atoms with Crippen molar-refractivity contribution in [2.24, 2.45) is 0 Å². The fourth-order valence-corrected chi connectivity index (χ4v) is 2.12. The van der Waals surface area contributed by atoms with Crippen LogP contribution in [0.4, 0.5) is 13.2 Å². The molecule has 0 amide bonds. The van der Waals surface area contributed by atoms with Crippen LogP contribution in [0.2, 0.25) is 0 Å². The number of carbonyl (C=O) groups excluding carboxylic acids is 1. The summed E-state index contributed by atoms with van der Waals surface area (Å²) in [7, 11) is 0. The number of hydrogen-bond donors (Lipinski definition) is 0. The first-order chi connectivity index (χ1) is 9.79. The molecule has 2 aromatic carbocycles. The predicted molar refractivity (Wildman–Crippen MR) is 75.7 cm³/mol. The molecule has 0 N–H and O–H groups in total. The lowest BCUT2D eigenvalue weighted by molar-refractivity contribution is -0.138. The number of ketones is 1. The number of carbonyl (C=O) groups is 1. The molecule has 2 aromatic rings. The molecule has 0 unspecified atom stereocenters. The van der Waals surface area contributed by atoms with Gasteiger partial charge in [-0.1, -0.05) is 28.1 Å². The monoisotopic (exact) mass is 358 g/mol. The van der Waals surface area contributed by atoms with Gasteiger partial charge in [0.2, 0.25) is 0 Å². The van der Waals surface area contributed by atoms with E-state index in [1.807, 2.05) is 0 Å². The number of hydrogen-bond acceptors (Lipinski definition) is 2. The summed E-state index contributed by atoms with van der Waals surface area (Å²) >= 11 is 3.20. The fraction of sp³-hybridized carbons (Fsp3) is 0.133. The number of halogens is 4. The molecule has 110 valence electrons. The Bertz CT molecular complexity index is 681. The standard InChI is InChI=1S/C15H10BrF3O2/c1-9(20)11-7-6-10(16)8-14(11)21-13-5-3-2-4-12(13)15(17,18)19/h2-8H,1H3. The van der Waals surface area contributed by atoms with Crippen molar-refractivity contribution < 1.29 is 22.7 Å². The molecule has 0 bridgehead atoms. The maximum Gasteiger partial charge on any atom is 0.419 e. The minimum Gasteiger partial charge on any atom is -0.456 e. The van der Waals surface area contributed by atoms with Gasteiger partial charge in [-0.15, -0.1) is 0 Å². The Morgan fingerprint density at radius 2 is 1.76 bits per heavy atom. The highest BCUT2D eigenvalue weighted by atomic mass is 79.9. The van der Waals surface area contributed by atoms with E-state index in [0.717, 1.165) is 6.07 Å². The first kappa shape index (κ1) is 15.6. The van der Waals surface area contributed by atoms with Crippen molar-refractivity contribution in [1.82, 2.24) is 0 Å². The van der Waals surface area contributed by atoms with Gasteiger partial charge < -0.3 is 4.74 Å². The van der Waals surface area contributed by atoms with Crippen molar-refractivity contribution in [1.29, 1.82) is 0 Å². The highest BCUT2D eigenvalue weighted by Gasteiger charge is 2.34. The molecule has 21 heavy (non-hydrogen) atoms. The zero-order valence-electron chi connectivity index (χ0n) is 10.9. The summed E-state index contributed by atoms with van der Waals surface area (Å²) in [5.41, 5.74) is -0.672. The van der Waals surface area contributed by atoms with Gasteiger partial charge in [0.15, 0.2) is 5.78 Å². The van der Waals surface area contributed by atoms with Crippen molar-refractivity contribution in [3.05, 3.63) is 58.1 Å². The molecule has 0 saturated heterocycles. The van der Waals surface area contributed by atoms with Gasteiger partial charge in [-0.05, 0) is 37.3 Å². The van der Waals surface area contributed by atoms with Crippen LogP contribution in [0.25, 0.3) is 0 Å². The van der Waals surface area contributed by atoms with E-state index in [2.05, 4.69) is 15.9 Å². The summed E-state index contributed by atoms with van der Waals surface area (Å²) in [6, 6.07) is 9.45. The summed E-state index contributed by atoms with van der Waals surface area (Å²) in [5, 5.41) is 0. The number of Topliss-reactive ketones (excluding diaryl/α,β-unsaturated/α-hetero) is 1. The summed E-state index contributed by atoms with van der Waals surface area (Å²) in [6.45, 7) is 1.33. The summed E-state index contributed by atoms with van der Waals surface area (Å²) in [4.78, 5) is 11.5. The summed E-state index contributed by atoms with van der Waals surface area (Å²) in [6.07, 6.45) is -4.53. The van der Waals surface area contributed by atoms with Crippen molar-refractivity contribution in [3.63, 3.8) is 0 Å². The van der Waals surface area contributed by atoms with Crippen LogP contribution in [0, 0.1) is 0 Å². The molecule has 0 saturated carbocycles. The van der Waals surface area contributed by atoms with E-state index in [0.29, 0.717) is 4.47 Å².